The number of aliphatic hydroxyl groups is 1. The lowest BCUT2D eigenvalue weighted by Crippen LogP contribution is -2.29. The van der Waals surface area contributed by atoms with Gasteiger partial charge in [-0.15, -0.1) is 0 Å². The van der Waals surface area contributed by atoms with Crippen molar-refractivity contribution in [1.82, 2.24) is 0 Å². The SMILES string of the molecule is COc1cccc(C2/C(=C(/O)c3cccc(OC(C)C)c3)C(=O)C(=O)N2c2ccc(CC(=O)O)cc2)c1. The number of carbonyl (C=O) groups is 3. The maximum atomic E-state index is 13.4. The summed E-state index contributed by atoms with van der Waals surface area (Å²) < 4.78 is 11.1. The number of rotatable bonds is 8. The third kappa shape index (κ3) is 5.33. The number of nitrogens with zero attached hydrogens (tertiary/aromatic N) is 1. The fourth-order valence-electron chi connectivity index (χ4n) is 4.32. The summed E-state index contributed by atoms with van der Waals surface area (Å²) in [7, 11) is 1.51. The lowest BCUT2D eigenvalue weighted by Gasteiger charge is -2.26. The zero-order valence-corrected chi connectivity index (χ0v) is 20.7. The number of Topliss-reactive ketones (excluding diaryl/α,β-unsaturated/α-hetero) is 1. The van der Waals surface area contributed by atoms with Gasteiger partial charge in [0.1, 0.15) is 17.3 Å². The van der Waals surface area contributed by atoms with E-state index in [4.69, 9.17) is 14.6 Å². The molecule has 1 aliphatic heterocycles. The van der Waals surface area contributed by atoms with Gasteiger partial charge in [-0.25, -0.2) is 0 Å². The first-order valence-electron chi connectivity index (χ1n) is 11.7. The van der Waals surface area contributed by atoms with Crippen LogP contribution in [0.1, 0.15) is 36.6 Å². The van der Waals surface area contributed by atoms with Gasteiger partial charge in [-0.05, 0) is 61.4 Å². The molecule has 0 radical (unpaired) electrons. The first-order chi connectivity index (χ1) is 17.7. The van der Waals surface area contributed by atoms with E-state index in [2.05, 4.69) is 0 Å². The van der Waals surface area contributed by atoms with Gasteiger partial charge in [0.05, 0.1) is 31.2 Å². The summed E-state index contributed by atoms with van der Waals surface area (Å²) in [5, 5.41) is 20.4. The Labute approximate surface area is 214 Å². The van der Waals surface area contributed by atoms with Crippen LogP contribution in [0.15, 0.2) is 78.4 Å². The highest BCUT2D eigenvalue weighted by Crippen LogP contribution is 2.43. The van der Waals surface area contributed by atoms with E-state index in [9.17, 15) is 19.5 Å². The van der Waals surface area contributed by atoms with Gasteiger partial charge in [-0.1, -0.05) is 36.4 Å². The van der Waals surface area contributed by atoms with Crippen molar-refractivity contribution in [1.29, 1.82) is 0 Å². The highest BCUT2D eigenvalue weighted by molar-refractivity contribution is 6.51. The molecule has 0 saturated carbocycles. The summed E-state index contributed by atoms with van der Waals surface area (Å²) in [6, 6.07) is 19.0. The van der Waals surface area contributed by atoms with E-state index < -0.39 is 23.7 Å². The predicted molar refractivity (Wildman–Crippen MR) is 138 cm³/mol. The van der Waals surface area contributed by atoms with Crippen LogP contribution in [0.25, 0.3) is 5.76 Å². The van der Waals surface area contributed by atoms with Crippen molar-refractivity contribution in [2.24, 2.45) is 0 Å². The second-order valence-electron chi connectivity index (χ2n) is 8.88. The molecule has 1 atom stereocenters. The van der Waals surface area contributed by atoms with Crippen LogP contribution in [0.5, 0.6) is 11.5 Å². The van der Waals surface area contributed by atoms with Gasteiger partial charge in [0.15, 0.2) is 0 Å². The Morgan fingerprint density at radius 3 is 2.27 bits per heavy atom. The molecule has 2 N–H and O–H groups in total. The van der Waals surface area contributed by atoms with E-state index in [1.54, 1.807) is 72.8 Å². The minimum absolute atomic E-state index is 0.0745. The maximum Gasteiger partial charge on any atom is 0.307 e. The van der Waals surface area contributed by atoms with E-state index in [1.807, 2.05) is 13.8 Å². The largest absolute Gasteiger partial charge is 0.507 e. The van der Waals surface area contributed by atoms with Gasteiger partial charge in [0.25, 0.3) is 11.7 Å². The molecule has 1 aliphatic rings. The Morgan fingerprint density at radius 2 is 1.62 bits per heavy atom. The molecule has 1 heterocycles. The Kier molecular flexibility index (Phi) is 7.29. The third-order valence-electron chi connectivity index (χ3n) is 5.90. The third-order valence-corrected chi connectivity index (χ3v) is 5.90. The van der Waals surface area contributed by atoms with Crippen molar-refractivity contribution in [2.75, 3.05) is 12.0 Å². The molecule has 1 unspecified atom stereocenters. The van der Waals surface area contributed by atoms with Crippen LogP contribution >= 0.6 is 0 Å². The highest BCUT2D eigenvalue weighted by atomic mass is 16.5. The predicted octanol–water partition coefficient (Wildman–Crippen LogP) is 4.74. The van der Waals surface area contributed by atoms with Crippen molar-refractivity contribution in [3.8, 4) is 11.5 Å². The fraction of sp³-hybridized carbons (Fsp3) is 0.207. The Bertz CT molecular complexity index is 1380. The molecular weight excluding hydrogens is 474 g/mol. The molecule has 0 bridgehead atoms. The van der Waals surface area contributed by atoms with Gasteiger partial charge in [-0.3, -0.25) is 19.3 Å². The number of benzene rings is 3. The summed E-state index contributed by atoms with van der Waals surface area (Å²) in [5.41, 5.74) is 1.76. The van der Waals surface area contributed by atoms with Crippen LogP contribution in [0.3, 0.4) is 0 Å². The molecule has 0 aromatic heterocycles. The zero-order valence-electron chi connectivity index (χ0n) is 20.7. The molecular formula is C29H27NO7. The smallest absolute Gasteiger partial charge is 0.307 e. The molecule has 4 rings (SSSR count). The molecule has 3 aromatic carbocycles. The van der Waals surface area contributed by atoms with Crippen molar-refractivity contribution in [2.45, 2.75) is 32.4 Å². The van der Waals surface area contributed by atoms with Gasteiger partial charge < -0.3 is 19.7 Å². The summed E-state index contributed by atoms with van der Waals surface area (Å²) in [6.45, 7) is 3.76. The maximum absolute atomic E-state index is 13.4. The van der Waals surface area contributed by atoms with Gasteiger partial charge >= 0.3 is 5.97 Å². The normalized spacial score (nSPS) is 16.8. The van der Waals surface area contributed by atoms with Crippen LogP contribution in [0.2, 0.25) is 0 Å². The van der Waals surface area contributed by atoms with Crippen molar-refractivity contribution < 1.29 is 34.1 Å². The van der Waals surface area contributed by atoms with Gasteiger partial charge in [0, 0.05) is 11.3 Å². The molecule has 3 aromatic rings. The van der Waals surface area contributed by atoms with Crippen molar-refractivity contribution >= 4 is 29.1 Å². The number of amides is 1. The average molecular weight is 502 g/mol. The standard InChI is InChI=1S/C29H27NO7/c1-17(2)37-23-9-5-7-20(16-23)27(33)25-26(19-6-4-8-22(15-19)36-3)30(29(35)28(25)34)21-12-10-18(11-13-21)14-24(31)32/h4-13,15-17,26,33H,14H2,1-3H3,(H,31,32)/b27-25-. The van der Waals surface area contributed by atoms with Crippen LogP contribution in [0.4, 0.5) is 5.69 Å². The topological polar surface area (TPSA) is 113 Å². The molecule has 8 nitrogen and oxygen atoms in total. The van der Waals surface area contributed by atoms with Crippen LogP contribution < -0.4 is 14.4 Å². The number of aliphatic hydroxyl groups excluding tert-OH is 1. The van der Waals surface area contributed by atoms with Gasteiger partial charge in [0.2, 0.25) is 0 Å². The highest BCUT2D eigenvalue weighted by Gasteiger charge is 2.47. The number of carbonyl (C=O) groups excluding carboxylic acids is 2. The number of carboxylic acids is 1. The zero-order chi connectivity index (χ0) is 26.7. The van der Waals surface area contributed by atoms with Crippen molar-refractivity contribution in [3.63, 3.8) is 0 Å². The number of methoxy groups -OCH3 is 1. The summed E-state index contributed by atoms with van der Waals surface area (Å²) in [5.74, 6) is -1.92. The lowest BCUT2D eigenvalue weighted by atomic mass is 9.95. The lowest BCUT2D eigenvalue weighted by molar-refractivity contribution is -0.136. The van der Waals surface area contributed by atoms with E-state index in [0.717, 1.165) is 0 Å². The molecule has 1 saturated heterocycles. The number of carboxylic acid groups (broad SMARTS) is 1. The number of hydrogen-bond acceptors (Lipinski definition) is 6. The first-order valence-corrected chi connectivity index (χ1v) is 11.7. The van der Waals surface area contributed by atoms with Crippen molar-refractivity contribution in [3.05, 3.63) is 95.1 Å². The van der Waals surface area contributed by atoms with E-state index in [1.165, 1.54) is 12.0 Å². The number of ether oxygens (including phenoxy) is 2. The molecule has 37 heavy (non-hydrogen) atoms. The number of aliphatic carboxylic acids is 1. The van der Waals surface area contributed by atoms with E-state index in [0.29, 0.717) is 33.9 Å². The molecule has 190 valence electrons. The molecule has 0 aliphatic carbocycles. The Hall–Kier alpha value is -4.59. The second-order valence-corrected chi connectivity index (χ2v) is 8.88. The minimum Gasteiger partial charge on any atom is -0.507 e. The van der Waals surface area contributed by atoms with Crippen LogP contribution in [-0.2, 0) is 20.8 Å². The number of hydrogen-bond donors (Lipinski definition) is 2. The molecule has 1 fully saturated rings. The number of anilines is 1. The summed E-state index contributed by atoms with van der Waals surface area (Å²) in [6.07, 6.45) is -0.267. The average Bonchev–Trinajstić information content (AvgIpc) is 3.14. The second kappa shape index (κ2) is 10.6. The summed E-state index contributed by atoms with van der Waals surface area (Å²) >= 11 is 0. The Balaban J connectivity index is 1.87. The van der Waals surface area contributed by atoms with E-state index in [-0.39, 0.29) is 23.9 Å². The number of ketones is 1. The first kappa shape index (κ1) is 25.5. The monoisotopic (exact) mass is 501 g/mol. The molecule has 8 heteroatoms. The quantitative estimate of drug-likeness (QED) is 0.260. The Morgan fingerprint density at radius 1 is 0.946 bits per heavy atom. The minimum atomic E-state index is -0.978. The van der Waals surface area contributed by atoms with Crippen LogP contribution in [0, 0.1) is 0 Å². The molecule has 0 spiro atoms. The van der Waals surface area contributed by atoms with Gasteiger partial charge in [-0.2, -0.15) is 0 Å². The molecule has 1 amide bonds. The fourth-order valence-corrected chi connectivity index (χ4v) is 4.32. The van der Waals surface area contributed by atoms with Crippen LogP contribution in [-0.4, -0.2) is 41.1 Å². The summed E-state index contributed by atoms with van der Waals surface area (Å²) in [4.78, 5) is 39.1. The van der Waals surface area contributed by atoms with E-state index >= 15 is 0 Å².